The van der Waals surface area contributed by atoms with Crippen molar-refractivity contribution in [3.8, 4) is 5.75 Å². The predicted molar refractivity (Wildman–Crippen MR) is 79.0 cm³/mol. The molecule has 0 unspecified atom stereocenters. The van der Waals surface area contributed by atoms with E-state index in [0.29, 0.717) is 25.9 Å². The van der Waals surface area contributed by atoms with Crippen LogP contribution in [0.4, 0.5) is 5.69 Å². The van der Waals surface area contributed by atoms with E-state index in [1.165, 1.54) is 23.5 Å². The number of nitro benzene ring substituents is 1. The van der Waals surface area contributed by atoms with Gasteiger partial charge in [-0.1, -0.05) is 13.8 Å². The number of rotatable bonds is 8. The Morgan fingerprint density at radius 1 is 1.24 bits per heavy atom. The van der Waals surface area contributed by atoms with Crippen molar-refractivity contribution in [3.05, 3.63) is 28.3 Å². The number of hydrogen-bond donors (Lipinski definition) is 0. The number of hydrogen-bond acceptors (Lipinski definition) is 5. The van der Waals surface area contributed by atoms with Crippen LogP contribution in [0.1, 0.15) is 26.7 Å². The van der Waals surface area contributed by atoms with Crippen LogP contribution >= 0.6 is 0 Å². The van der Waals surface area contributed by atoms with E-state index in [-0.39, 0.29) is 10.6 Å². The van der Waals surface area contributed by atoms with Gasteiger partial charge in [0.1, 0.15) is 5.75 Å². The smallest absolute Gasteiger partial charge is 0.293 e. The van der Waals surface area contributed by atoms with Crippen molar-refractivity contribution in [2.24, 2.45) is 0 Å². The van der Waals surface area contributed by atoms with E-state index >= 15 is 0 Å². The van der Waals surface area contributed by atoms with Gasteiger partial charge in [0.2, 0.25) is 10.0 Å². The van der Waals surface area contributed by atoms with Gasteiger partial charge in [-0.15, -0.1) is 0 Å². The van der Waals surface area contributed by atoms with E-state index in [9.17, 15) is 18.5 Å². The summed E-state index contributed by atoms with van der Waals surface area (Å²) in [6.07, 6.45) is 1.28. The minimum absolute atomic E-state index is 0.248. The van der Waals surface area contributed by atoms with Gasteiger partial charge in [0.25, 0.3) is 5.69 Å². The highest BCUT2D eigenvalue weighted by Gasteiger charge is 2.31. The topological polar surface area (TPSA) is 89.8 Å². The molecule has 118 valence electrons. The van der Waals surface area contributed by atoms with Crippen molar-refractivity contribution in [3.63, 3.8) is 0 Å². The molecule has 0 aromatic heterocycles. The summed E-state index contributed by atoms with van der Waals surface area (Å²) >= 11 is 0. The molecular formula is C13H20N2O5S. The lowest BCUT2D eigenvalue weighted by Crippen LogP contribution is -2.33. The minimum atomic E-state index is -3.89. The highest BCUT2D eigenvalue weighted by Crippen LogP contribution is 2.30. The van der Waals surface area contributed by atoms with Gasteiger partial charge in [0.05, 0.1) is 18.1 Å². The fourth-order valence-electron chi connectivity index (χ4n) is 1.98. The SMILES string of the molecule is CCCN(CCC)S(=O)(=O)c1ccc(OC)cc1[N+](=O)[O-]. The highest BCUT2D eigenvalue weighted by atomic mass is 32.2. The van der Waals surface area contributed by atoms with Gasteiger partial charge in [-0.2, -0.15) is 4.31 Å². The zero-order valence-corrected chi connectivity index (χ0v) is 13.2. The number of benzene rings is 1. The molecule has 1 aromatic rings. The van der Waals surface area contributed by atoms with Crippen LogP contribution in [0, 0.1) is 10.1 Å². The van der Waals surface area contributed by atoms with Gasteiger partial charge in [-0.3, -0.25) is 10.1 Å². The molecule has 0 aliphatic heterocycles. The van der Waals surface area contributed by atoms with Gasteiger partial charge < -0.3 is 4.74 Å². The third kappa shape index (κ3) is 3.92. The Morgan fingerprint density at radius 2 is 1.81 bits per heavy atom. The van der Waals surface area contributed by atoms with Gasteiger partial charge in [-0.05, 0) is 25.0 Å². The number of methoxy groups -OCH3 is 1. The fraction of sp³-hybridized carbons (Fsp3) is 0.538. The van der Waals surface area contributed by atoms with E-state index in [1.54, 1.807) is 0 Å². The Kier molecular flexibility index (Phi) is 6.10. The summed E-state index contributed by atoms with van der Waals surface area (Å²) in [7, 11) is -2.52. The fourth-order valence-corrected chi connectivity index (χ4v) is 3.74. The van der Waals surface area contributed by atoms with Crippen LogP contribution in [0.25, 0.3) is 0 Å². The molecule has 1 rings (SSSR count). The number of nitro groups is 1. The molecule has 7 nitrogen and oxygen atoms in total. The summed E-state index contributed by atoms with van der Waals surface area (Å²) in [6, 6.07) is 3.77. The number of sulfonamides is 1. The van der Waals surface area contributed by atoms with E-state index < -0.39 is 20.6 Å². The van der Waals surface area contributed by atoms with E-state index in [4.69, 9.17) is 4.74 Å². The summed E-state index contributed by atoms with van der Waals surface area (Å²) in [5.74, 6) is 0.248. The van der Waals surface area contributed by atoms with Crippen LogP contribution in [-0.4, -0.2) is 37.8 Å². The molecule has 0 amide bonds. The first-order chi connectivity index (χ1) is 9.88. The Balaban J connectivity index is 3.38. The molecule has 0 N–H and O–H groups in total. The van der Waals surface area contributed by atoms with Crippen molar-refractivity contribution < 1.29 is 18.1 Å². The molecule has 0 spiro atoms. The molecule has 0 aliphatic rings. The maximum Gasteiger partial charge on any atom is 0.293 e. The van der Waals surface area contributed by atoms with Crippen molar-refractivity contribution in [1.82, 2.24) is 4.31 Å². The summed E-state index contributed by atoms with van der Waals surface area (Å²) in [6.45, 7) is 4.39. The molecule has 1 aromatic carbocycles. The van der Waals surface area contributed by atoms with E-state index in [2.05, 4.69) is 0 Å². The van der Waals surface area contributed by atoms with Crippen molar-refractivity contribution >= 4 is 15.7 Å². The predicted octanol–water partition coefficient (Wildman–Crippen LogP) is 2.41. The van der Waals surface area contributed by atoms with Crippen molar-refractivity contribution in [2.75, 3.05) is 20.2 Å². The van der Waals surface area contributed by atoms with E-state index in [1.807, 2.05) is 13.8 Å². The van der Waals surface area contributed by atoms with Crippen LogP contribution in [0.5, 0.6) is 5.75 Å². The summed E-state index contributed by atoms with van der Waals surface area (Å²) in [4.78, 5) is 10.1. The standard InChI is InChI=1S/C13H20N2O5S/c1-4-8-14(9-5-2)21(18,19)13-7-6-11(20-3)10-12(13)15(16)17/h6-7,10H,4-5,8-9H2,1-3H3. The van der Waals surface area contributed by atoms with Crippen LogP contribution in [-0.2, 0) is 10.0 Å². The van der Waals surface area contributed by atoms with Crippen molar-refractivity contribution in [2.45, 2.75) is 31.6 Å². The maximum absolute atomic E-state index is 12.6. The van der Waals surface area contributed by atoms with Crippen molar-refractivity contribution in [1.29, 1.82) is 0 Å². The minimum Gasteiger partial charge on any atom is -0.497 e. The number of nitrogens with zero attached hydrogens (tertiary/aromatic N) is 2. The lowest BCUT2D eigenvalue weighted by Gasteiger charge is -2.20. The van der Waals surface area contributed by atoms with Gasteiger partial charge in [0, 0.05) is 13.1 Å². The first-order valence-electron chi connectivity index (χ1n) is 6.71. The average Bonchev–Trinajstić information content (AvgIpc) is 2.46. The quantitative estimate of drug-likeness (QED) is 0.542. The van der Waals surface area contributed by atoms with Crippen LogP contribution in [0.2, 0.25) is 0 Å². The molecule has 0 radical (unpaired) electrons. The van der Waals surface area contributed by atoms with Crippen LogP contribution < -0.4 is 4.74 Å². The molecule has 0 saturated heterocycles. The molecule has 8 heteroatoms. The zero-order chi connectivity index (χ0) is 16.0. The summed E-state index contributed by atoms with van der Waals surface area (Å²) in [5, 5.41) is 11.1. The summed E-state index contributed by atoms with van der Waals surface area (Å²) in [5.41, 5.74) is -0.466. The lowest BCUT2D eigenvalue weighted by atomic mass is 10.3. The largest absolute Gasteiger partial charge is 0.497 e. The molecule has 0 bridgehead atoms. The lowest BCUT2D eigenvalue weighted by molar-refractivity contribution is -0.387. The molecule has 0 atom stereocenters. The Labute approximate surface area is 124 Å². The molecular weight excluding hydrogens is 296 g/mol. The first-order valence-corrected chi connectivity index (χ1v) is 8.15. The third-order valence-corrected chi connectivity index (χ3v) is 4.87. The van der Waals surface area contributed by atoms with E-state index in [0.717, 1.165) is 6.07 Å². The first kappa shape index (κ1) is 17.4. The van der Waals surface area contributed by atoms with Crippen LogP contribution in [0.3, 0.4) is 0 Å². The molecule has 0 heterocycles. The third-order valence-electron chi connectivity index (χ3n) is 2.93. The van der Waals surface area contributed by atoms with Gasteiger partial charge >= 0.3 is 0 Å². The monoisotopic (exact) mass is 316 g/mol. The zero-order valence-electron chi connectivity index (χ0n) is 12.4. The van der Waals surface area contributed by atoms with Gasteiger partial charge in [0.15, 0.2) is 4.90 Å². The maximum atomic E-state index is 12.6. The molecule has 21 heavy (non-hydrogen) atoms. The highest BCUT2D eigenvalue weighted by molar-refractivity contribution is 7.89. The molecule has 0 fully saturated rings. The second kappa shape index (κ2) is 7.37. The Morgan fingerprint density at radius 3 is 2.24 bits per heavy atom. The Bertz CT molecular complexity index is 595. The average molecular weight is 316 g/mol. The normalized spacial score (nSPS) is 11.6. The Hall–Kier alpha value is -1.67. The second-order valence-corrected chi connectivity index (χ2v) is 6.40. The van der Waals surface area contributed by atoms with Crippen LogP contribution in [0.15, 0.2) is 23.1 Å². The second-order valence-electron chi connectivity index (χ2n) is 4.49. The summed E-state index contributed by atoms with van der Waals surface area (Å²) < 4.78 is 31.4. The number of ether oxygens (including phenoxy) is 1. The molecule has 0 aliphatic carbocycles. The van der Waals surface area contributed by atoms with Gasteiger partial charge in [-0.25, -0.2) is 8.42 Å². The molecule has 0 saturated carbocycles.